The lowest BCUT2D eigenvalue weighted by Crippen LogP contribution is -2.35. The quantitative estimate of drug-likeness (QED) is 0.915. The monoisotopic (exact) mass is 282 g/mol. The number of nitrogens with two attached hydrogens (primary N) is 1. The van der Waals surface area contributed by atoms with Crippen LogP contribution in [-0.2, 0) is 0 Å². The molecule has 19 heavy (non-hydrogen) atoms. The standard InChI is InChI=1S/C14H23ClN4/c1-12(9-16)11-18-5-2-6-19(8-7-18)14-4-3-13(15)10-17-14/h3-4,10,12H,2,5-9,11,16H2,1H3. The Hall–Kier alpha value is -0.840. The molecule has 5 heteroatoms. The van der Waals surface area contributed by atoms with E-state index in [1.807, 2.05) is 12.1 Å². The van der Waals surface area contributed by atoms with E-state index < -0.39 is 0 Å². The predicted octanol–water partition coefficient (Wildman–Crippen LogP) is 1.84. The molecule has 1 aromatic rings. The van der Waals surface area contributed by atoms with Gasteiger partial charge in [0.05, 0.1) is 5.02 Å². The summed E-state index contributed by atoms with van der Waals surface area (Å²) in [5.74, 6) is 1.60. The Labute approximate surface area is 120 Å². The molecule has 0 aromatic carbocycles. The Bertz CT molecular complexity index is 382. The third kappa shape index (κ3) is 4.34. The SMILES string of the molecule is CC(CN)CN1CCCN(c2ccc(Cl)cn2)CC1. The molecule has 2 heterocycles. The Morgan fingerprint density at radius 2 is 2.16 bits per heavy atom. The number of nitrogens with zero attached hydrogens (tertiary/aromatic N) is 3. The first-order valence-corrected chi connectivity index (χ1v) is 7.35. The number of halogens is 1. The van der Waals surface area contributed by atoms with Crippen molar-refractivity contribution in [3.8, 4) is 0 Å². The molecule has 1 saturated heterocycles. The zero-order valence-electron chi connectivity index (χ0n) is 11.6. The third-order valence-electron chi connectivity index (χ3n) is 3.60. The molecular formula is C14H23ClN4. The zero-order chi connectivity index (χ0) is 13.7. The molecule has 0 radical (unpaired) electrons. The average molecular weight is 283 g/mol. The van der Waals surface area contributed by atoms with E-state index >= 15 is 0 Å². The number of pyridine rings is 1. The third-order valence-corrected chi connectivity index (χ3v) is 3.82. The smallest absolute Gasteiger partial charge is 0.128 e. The normalized spacial score (nSPS) is 19.2. The van der Waals surface area contributed by atoms with Gasteiger partial charge in [-0.15, -0.1) is 0 Å². The van der Waals surface area contributed by atoms with Crippen LogP contribution < -0.4 is 10.6 Å². The van der Waals surface area contributed by atoms with Crippen LogP contribution in [0.15, 0.2) is 18.3 Å². The Morgan fingerprint density at radius 3 is 2.84 bits per heavy atom. The molecule has 0 aliphatic carbocycles. The van der Waals surface area contributed by atoms with Crippen molar-refractivity contribution in [2.24, 2.45) is 11.7 Å². The second-order valence-corrected chi connectivity index (χ2v) is 5.75. The van der Waals surface area contributed by atoms with Crippen molar-refractivity contribution in [2.45, 2.75) is 13.3 Å². The summed E-state index contributed by atoms with van der Waals surface area (Å²) in [5, 5.41) is 0.692. The molecule has 2 N–H and O–H groups in total. The highest BCUT2D eigenvalue weighted by atomic mass is 35.5. The van der Waals surface area contributed by atoms with E-state index in [1.54, 1.807) is 6.20 Å². The molecule has 106 valence electrons. The van der Waals surface area contributed by atoms with E-state index in [9.17, 15) is 0 Å². The Morgan fingerprint density at radius 1 is 1.32 bits per heavy atom. The van der Waals surface area contributed by atoms with Crippen molar-refractivity contribution in [2.75, 3.05) is 44.2 Å². The molecule has 1 atom stereocenters. The van der Waals surface area contributed by atoms with Crippen molar-refractivity contribution in [1.29, 1.82) is 0 Å². The average Bonchev–Trinajstić information content (AvgIpc) is 2.65. The molecule has 4 nitrogen and oxygen atoms in total. The topological polar surface area (TPSA) is 45.4 Å². The summed E-state index contributed by atoms with van der Waals surface area (Å²) >= 11 is 5.88. The lowest BCUT2D eigenvalue weighted by Gasteiger charge is -2.24. The van der Waals surface area contributed by atoms with Gasteiger partial charge in [0, 0.05) is 32.4 Å². The summed E-state index contributed by atoms with van der Waals surface area (Å²) in [5.41, 5.74) is 5.70. The maximum atomic E-state index is 5.88. The largest absolute Gasteiger partial charge is 0.355 e. The lowest BCUT2D eigenvalue weighted by molar-refractivity contribution is 0.255. The van der Waals surface area contributed by atoms with Crippen LogP contribution in [0.4, 0.5) is 5.82 Å². The van der Waals surface area contributed by atoms with Gasteiger partial charge in [-0.1, -0.05) is 18.5 Å². The highest BCUT2D eigenvalue weighted by Crippen LogP contribution is 2.16. The van der Waals surface area contributed by atoms with Gasteiger partial charge in [0.25, 0.3) is 0 Å². The van der Waals surface area contributed by atoms with Gasteiger partial charge in [-0.3, -0.25) is 0 Å². The van der Waals surface area contributed by atoms with Crippen LogP contribution in [0.5, 0.6) is 0 Å². The van der Waals surface area contributed by atoms with Gasteiger partial charge >= 0.3 is 0 Å². The highest BCUT2D eigenvalue weighted by Gasteiger charge is 2.17. The number of anilines is 1. The summed E-state index contributed by atoms with van der Waals surface area (Å²) in [6.07, 6.45) is 2.89. The minimum atomic E-state index is 0.570. The molecule has 1 aliphatic heterocycles. The van der Waals surface area contributed by atoms with Gasteiger partial charge in [-0.2, -0.15) is 0 Å². The van der Waals surface area contributed by atoms with Crippen LogP contribution in [-0.4, -0.2) is 49.2 Å². The fraction of sp³-hybridized carbons (Fsp3) is 0.643. The molecular weight excluding hydrogens is 260 g/mol. The maximum Gasteiger partial charge on any atom is 0.128 e. The zero-order valence-corrected chi connectivity index (χ0v) is 12.3. The molecule has 0 spiro atoms. The maximum absolute atomic E-state index is 5.88. The molecule has 1 aliphatic rings. The fourth-order valence-electron chi connectivity index (χ4n) is 2.45. The van der Waals surface area contributed by atoms with E-state index in [0.717, 1.165) is 45.1 Å². The highest BCUT2D eigenvalue weighted by molar-refractivity contribution is 6.30. The minimum Gasteiger partial charge on any atom is -0.355 e. The van der Waals surface area contributed by atoms with Gasteiger partial charge in [-0.25, -0.2) is 4.98 Å². The van der Waals surface area contributed by atoms with Crippen molar-refractivity contribution >= 4 is 17.4 Å². The Balaban J connectivity index is 1.91. The first-order chi connectivity index (χ1) is 9.19. The van der Waals surface area contributed by atoms with Crippen LogP contribution in [0, 0.1) is 5.92 Å². The van der Waals surface area contributed by atoms with Gasteiger partial charge < -0.3 is 15.5 Å². The second-order valence-electron chi connectivity index (χ2n) is 5.32. The number of hydrogen-bond acceptors (Lipinski definition) is 4. The summed E-state index contributed by atoms with van der Waals surface area (Å²) < 4.78 is 0. The first kappa shape index (κ1) is 14.6. The van der Waals surface area contributed by atoms with Crippen molar-refractivity contribution < 1.29 is 0 Å². The van der Waals surface area contributed by atoms with Crippen LogP contribution in [0.2, 0.25) is 5.02 Å². The van der Waals surface area contributed by atoms with Crippen LogP contribution in [0.3, 0.4) is 0 Å². The van der Waals surface area contributed by atoms with E-state index in [0.29, 0.717) is 10.9 Å². The van der Waals surface area contributed by atoms with Crippen LogP contribution in [0.1, 0.15) is 13.3 Å². The lowest BCUT2D eigenvalue weighted by atomic mass is 10.1. The summed E-state index contributed by atoms with van der Waals surface area (Å²) in [6, 6.07) is 3.91. The number of rotatable bonds is 4. The summed E-state index contributed by atoms with van der Waals surface area (Å²) in [6.45, 7) is 8.37. The minimum absolute atomic E-state index is 0.570. The molecule has 1 aromatic heterocycles. The molecule has 1 unspecified atom stereocenters. The van der Waals surface area contributed by atoms with E-state index in [4.69, 9.17) is 17.3 Å². The van der Waals surface area contributed by atoms with E-state index in [1.165, 1.54) is 6.42 Å². The van der Waals surface area contributed by atoms with Gasteiger partial charge in [0.2, 0.25) is 0 Å². The Kier molecular flexibility index (Phi) is 5.43. The van der Waals surface area contributed by atoms with Gasteiger partial charge in [-0.05, 0) is 37.6 Å². The van der Waals surface area contributed by atoms with E-state index in [-0.39, 0.29) is 0 Å². The van der Waals surface area contributed by atoms with Crippen molar-refractivity contribution in [1.82, 2.24) is 9.88 Å². The van der Waals surface area contributed by atoms with Gasteiger partial charge in [0.1, 0.15) is 5.82 Å². The number of aromatic nitrogens is 1. The summed E-state index contributed by atoms with van der Waals surface area (Å²) in [4.78, 5) is 9.25. The van der Waals surface area contributed by atoms with Gasteiger partial charge in [0.15, 0.2) is 0 Å². The molecule has 0 saturated carbocycles. The predicted molar refractivity (Wildman–Crippen MR) is 80.7 cm³/mol. The molecule has 0 bridgehead atoms. The number of hydrogen-bond donors (Lipinski definition) is 1. The van der Waals surface area contributed by atoms with Crippen molar-refractivity contribution in [3.05, 3.63) is 23.4 Å². The van der Waals surface area contributed by atoms with Crippen LogP contribution >= 0.6 is 11.6 Å². The van der Waals surface area contributed by atoms with Crippen LogP contribution in [0.25, 0.3) is 0 Å². The second kappa shape index (κ2) is 7.08. The van der Waals surface area contributed by atoms with Crippen molar-refractivity contribution in [3.63, 3.8) is 0 Å². The fourth-order valence-corrected chi connectivity index (χ4v) is 2.56. The first-order valence-electron chi connectivity index (χ1n) is 6.98. The molecule has 0 amide bonds. The molecule has 1 fully saturated rings. The summed E-state index contributed by atoms with van der Waals surface area (Å²) in [7, 11) is 0. The van der Waals surface area contributed by atoms with E-state index in [2.05, 4.69) is 21.7 Å². The molecule has 2 rings (SSSR count).